The van der Waals surface area contributed by atoms with Crippen molar-refractivity contribution in [2.75, 3.05) is 13.2 Å². The Hall–Kier alpha value is -2.26. The Kier molecular flexibility index (Phi) is 18.5. The first-order valence-corrected chi connectivity index (χ1v) is 19.6. The molecule has 0 bridgehead atoms. The fraction of sp³-hybridized carbons (Fsp3) is 0.581. The molecule has 0 amide bonds. The van der Waals surface area contributed by atoms with Crippen LogP contribution in [0.3, 0.4) is 0 Å². The minimum absolute atomic E-state index is 0.259. The Labute approximate surface area is 291 Å². The smallest absolute Gasteiger partial charge is 0.133 e. The van der Waals surface area contributed by atoms with Crippen molar-refractivity contribution in [3.05, 3.63) is 82.3 Å². The topological polar surface area (TPSA) is 18.5 Å². The molecule has 3 aromatic rings. The summed E-state index contributed by atoms with van der Waals surface area (Å²) in [6, 6.07) is 24.4. The van der Waals surface area contributed by atoms with E-state index in [9.17, 15) is 0 Å². The third kappa shape index (κ3) is 11.8. The average Bonchev–Trinajstić information content (AvgIpc) is 3.36. The van der Waals surface area contributed by atoms with E-state index in [4.69, 9.17) is 9.47 Å². The van der Waals surface area contributed by atoms with Crippen molar-refractivity contribution < 1.29 is 9.47 Å². The van der Waals surface area contributed by atoms with E-state index in [0.717, 1.165) is 42.0 Å². The fourth-order valence-electron chi connectivity index (χ4n) is 6.90. The van der Waals surface area contributed by atoms with Crippen LogP contribution in [-0.2, 0) is 5.41 Å². The van der Waals surface area contributed by atoms with E-state index in [2.05, 4.69) is 92.2 Å². The normalized spacial score (nSPS) is 12.6. The largest absolute Gasteiger partial charge is 0.494 e. The van der Waals surface area contributed by atoms with E-state index in [1.54, 1.807) is 11.1 Å². The maximum absolute atomic E-state index is 5.79. The number of hydrogen-bond acceptors (Lipinski definition) is 2. The lowest BCUT2D eigenvalue weighted by atomic mass is 9.70. The summed E-state index contributed by atoms with van der Waals surface area (Å²) in [7, 11) is 0. The monoisotopic (exact) mass is 690 g/mol. The van der Waals surface area contributed by atoms with Gasteiger partial charge in [-0.3, -0.25) is 0 Å². The summed E-state index contributed by atoms with van der Waals surface area (Å²) in [5.74, 6) is 1.82. The van der Waals surface area contributed by atoms with Crippen LogP contribution in [0.1, 0.15) is 154 Å². The van der Waals surface area contributed by atoms with Gasteiger partial charge in [-0.15, -0.1) is 0 Å². The Balaban J connectivity index is 0.000000255. The van der Waals surface area contributed by atoms with Crippen LogP contribution in [0, 0.1) is 0 Å². The number of hydrogen-bond donors (Lipinski definition) is 0. The first kappa shape index (κ1) is 38.2. The van der Waals surface area contributed by atoms with Crippen LogP contribution >= 0.6 is 15.9 Å². The van der Waals surface area contributed by atoms with Gasteiger partial charge in [0.15, 0.2) is 0 Å². The molecule has 0 atom stereocenters. The molecule has 0 spiro atoms. The second-order valence-electron chi connectivity index (χ2n) is 13.2. The maximum atomic E-state index is 5.79. The van der Waals surface area contributed by atoms with Crippen molar-refractivity contribution in [1.29, 1.82) is 0 Å². The zero-order chi connectivity index (χ0) is 32.9. The molecule has 1 aliphatic rings. The van der Waals surface area contributed by atoms with Crippen LogP contribution < -0.4 is 9.47 Å². The summed E-state index contributed by atoms with van der Waals surface area (Å²) in [4.78, 5) is 0. The lowest BCUT2D eigenvalue weighted by Gasteiger charge is -2.33. The molecule has 0 unspecified atom stereocenters. The van der Waals surface area contributed by atoms with Gasteiger partial charge in [-0.1, -0.05) is 166 Å². The van der Waals surface area contributed by atoms with Crippen LogP contribution in [-0.4, -0.2) is 13.2 Å². The average molecular weight is 692 g/mol. The number of ether oxygens (including phenoxy) is 2. The van der Waals surface area contributed by atoms with Gasteiger partial charge in [0.05, 0.1) is 17.7 Å². The van der Waals surface area contributed by atoms with Crippen LogP contribution in [0.15, 0.2) is 71.2 Å². The minimum Gasteiger partial charge on any atom is -0.494 e. The molecule has 2 nitrogen and oxygen atoms in total. The van der Waals surface area contributed by atoms with Crippen molar-refractivity contribution in [3.63, 3.8) is 0 Å². The highest BCUT2D eigenvalue weighted by Gasteiger charge is 2.41. The third-order valence-corrected chi connectivity index (χ3v) is 10.1. The van der Waals surface area contributed by atoms with Gasteiger partial charge in [-0.05, 0) is 82.1 Å². The molecule has 254 valence electrons. The third-order valence-electron chi connectivity index (χ3n) is 9.52. The van der Waals surface area contributed by atoms with E-state index in [1.165, 1.54) is 114 Å². The van der Waals surface area contributed by atoms with E-state index < -0.39 is 0 Å². The van der Waals surface area contributed by atoms with Gasteiger partial charge in [0.25, 0.3) is 0 Å². The number of rotatable bonds is 22. The molecule has 0 aromatic heterocycles. The van der Waals surface area contributed by atoms with E-state index in [0.29, 0.717) is 0 Å². The van der Waals surface area contributed by atoms with Crippen molar-refractivity contribution in [2.45, 2.75) is 149 Å². The fourth-order valence-corrected chi connectivity index (χ4v) is 7.38. The highest BCUT2D eigenvalue weighted by Crippen LogP contribution is 2.54. The molecule has 3 aromatic carbocycles. The molecule has 0 fully saturated rings. The van der Waals surface area contributed by atoms with Crippen molar-refractivity contribution >= 4 is 15.9 Å². The highest BCUT2D eigenvalue weighted by atomic mass is 79.9. The summed E-state index contributed by atoms with van der Waals surface area (Å²) < 4.78 is 12.5. The van der Waals surface area contributed by atoms with Crippen molar-refractivity contribution in [2.24, 2.45) is 0 Å². The van der Waals surface area contributed by atoms with Crippen LogP contribution in [0.25, 0.3) is 11.1 Å². The number of benzene rings is 3. The van der Waals surface area contributed by atoms with E-state index >= 15 is 0 Å². The summed E-state index contributed by atoms with van der Waals surface area (Å²) in [5.41, 5.74) is 6.44. The Bertz CT molecular complexity index is 1180. The summed E-state index contributed by atoms with van der Waals surface area (Å²) in [6.07, 6.45) is 23.3. The predicted molar refractivity (Wildman–Crippen MR) is 204 cm³/mol. The van der Waals surface area contributed by atoms with Crippen LogP contribution in [0.2, 0.25) is 0 Å². The molecule has 3 heteroatoms. The summed E-state index contributed by atoms with van der Waals surface area (Å²) >= 11 is 3.56. The second kappa shape index (κ2) is 22.3. The first-order valence-electron chi connectivity index (χ1n) is 18.9. The predicted octanol–water partition coefficient (Wildman–Crippen LogP) is 14.3. The molecule has 46 heavy (non-hydrogen) atoms. The van der Waals surface area contributed by atoms with Gasteiger partial charge >= 0.3 is 0 Å². The molecule has 0 N–H and O–H groups in total. The number of unbranched alkanes of at least 4 members (excludes halogenated alkanes) is 12. The Morgan fingerprint density at radius 3 is 1.43 bits per heavy atom. The van der Waals surface area contributed by atoms with Gasteiger partial charge in [0.1, 0.15) is 11.5 Å². The highest BCUT2D eigenvalue weighted by molar-refractivity contribution is 9.10. The van der Waals surface area contributed by atoms with Crippen molar-refractivity contribution in [1.82, 2.24) is 0 Å². The van der Waals surface area contributed by atoms with E-state index in [-0.39, 0.29) is 5.41 Å². The molecule has 1 aliphatic carbocycles. The van der Waals surface area contributed by atoms with Gasteiger partial charge in [-0.25, -0.2) is 0 Å². The standard InChI is InChI=1S/C25H34.C18H29BrO2/c1-3-5-7-13-19-25(20-14-8-6-4-2)23-17-11-9-15-21(23)22-16-10-12-18-24(22)25;1-3-5-7-9-13-20-16-11-12-18(17(19)15-16)21-14-10-8-6-4-2/h9-12,15-18H,3-8,13-14,19-20H2,1-2H3;11-12,15H,3-10,13-14H2,1-2H3. The summed E-state index contributed by atoms with van der Waals surface area (Å²) in [5, 5.41) is 0. The molecule has 0 radical (unpaired) electrons. The van der Waals surface area contributed by atoms with Crippen LogP contribution in [0.5, 0.6) is 11.5 Å². The van der Waals surface area contributed by atoms with Gasteiger partial charge in [0, 0.05) is 5.41 Å². The molecule has 0 saturated heterocycles. The lowest BCUT2D eigenvalue weighted by Crippen LogP contribution is -2.25. The zero-order valence-corrected chi connectivity index (χ0v) is 31.3. The molecule has 0 aliphatic heterocycles. The SMILES string of the molecule is CCCCCCC1(CCCCCC)c2ccccc2-c2ccccc21.CCCCCCOc1ccc(OCCCCCC)c(Br)c1. The number of halogens is 1. The maximum Gasteiger partial charge on any atom is 0.133 e. The van der Waals surface area contributed by atoms with Gasteiger partial charge in [-0.2, -0.15) is 0 Å². The van der Waals surface area contributed by atoms with Gasteiger partial charge in [0.2, 0.25) is 0 Å². The molecule has 0 saturated carbocycles. The van der Waals surface area contributed by atoms with Crippen LogP contribution in [0.4, 0.5) is 0 Å². The second-order valence-corrected chi connectivity index (χ2v) is 14.1. The van der Waals surface area contributed by atoms with Gasteiger partial charge < -0.3 is 9.47 Å². The Morgan fingerprint density at radius 2 is 0.957 bits per heavy atom. The minimum atomic E-state index is 0.259. The molecule has 4 rings (SSSR count). The van der Waals surface area contributed by atoms with Crippen molar-refractivity contribution in [3.8, 4) is 22.6 Å². The summed E-state index contributed by atoms with van der Waals surface area (Å²) in [6.45, 7) is 10.6. The zero-order valence-electron chi connectivity index (χ0n) is 29.7. The molecular formula is C43H63BrO2. The lowest BCUT2D eigenvalue weighted by molar-refractivity contribution is 0.295. The first-order chi connectivity index (χ1) is 22.6. The Morgan fingerprint density at radius 1 is 0.500 bits per heavy atom. The quantitative estimate of drug-likeness (QED) is 0.0977. The number of fused-ring (bicyclic) bond motifs is 3. The van der Waals surface area contributed by atoms with E-state index in [1.807, 2.05) is 18.2 Å². The molecular weight excluding hydrogens is 628 g/mol. The molecule has 0 heterocycles.